The van der Waals surface area contributed by atoms with Crippen LogP contribution < -0.4 is 14.9 Å². The highest BCUT2D eigenvalue weighted by Gasteiger charge is 2.12. The normalized spacial score (nSPS) is 10.8. The van der Waals surface area contributed by atoms with E-state index in [9.17, 15) is 0 Å². The molecular weight excluding hydrogens is 385 g/mol. The predicted octanol–water partition coefficient (Wildman–Crippen LogP) is 5.42. The average molecular weight is 402 g/mol. The lowest BCUT2D eigenvalue weighted by Gasteiger charge is -2.14. The van der Waals surface area contributed by atoms with E-state index in [1.165, 1.54) is 0 Å². The quantitative estimate of drug-likeness (QED) is 0.424. The third-order valence-corrected chi connectivity index (χ3v) is 4.41. The summed E-state index contributed by atoms with van der Waals surface area (Å²) in [6.45, 7) is 0.202. The smallest absolute Gasteiger partial charge is 0.170 e. The Morgan fingerprint density at radius 2 is 1.81 bits per heavy atom. The first-order chi connectivity index (χ1) is 13.2. The molecule has 5 nitrogen and oxygen atoms in total. The molecule has 138 valence electrons. The van der Waals surface area contributed by atoms with E-state index < -0.39 is 0 Å². The first-order valence-electron chi connectivity index (χ1n) is 8.12. The van der Waals surface area contributed by atoms with E-state index >= 15 is 0 Å². The Balaban J connectivity index is 1.81. The van der Waals surface area contributed by atoms with Crippen LogP contribution in [0, 0.1) is 0 Å². The maximum Gasteiger partial charge on any atom is 0.170 e. The molecule has 0 unspecified atom stereocenters. The molecule has 0 saturated carbocycles. The summed E-state index contributed by atoms with van der Waals surface area (Å²) in [7, 11) is 1.58. The Morgan fingerprint density at radius 1 is 1.04 bits per heavy atom. The number of pyridine rings is 1. The Bertz CT molecular complexity index is 914. The summed E-state index contributed by atoms with van der Waals surface area (Å²) in [6, 6.07) is 16.4. The first kappa shape index (κ1) is 19.0. The van der Waals surface area contributed by atoms with Gasteiger partial charge in [0.15, 0.2) is 11.5 Å². The van der Waals surface area contributed by atoms with Gasteiger partial charge in [-0.3, -0.25) is 5.43 Å². The number of hydrazone groups is 1. The number of halogens is 2. The van der Waals surface area contributed by atoms with Crippen molar-refractivity contribution in [1.82, 2.24) is 4.98 Å². The van der Waals surface area contributed by atoms with Crippen molar-refractivity contribution in [3.05, 3.63) is 82.0 Å². The second-order valence-corrected chi connectivity index (χ2v) is 6.27. The van der Waals surface area contributed by atoms with Crippen molar-refractivity contribution in [2.24, 2.45) is 5.10 Å². The van der Waals surface area contributed by atoms with Crippen molar-refractivity contribution in [1.29, 1.82) is 0 Å². The summed E-state index contributed by atoms with van der Waals surface area (Å²) >= 11 is 12.4. The van der Waals surface area contributed by atoms with E-state index in [0.717, 1.165) is 5.56 Å². The summed E-state index contributed by atoms with van der Waals surface area (Å²) in [4.78, 5) is 4.15. The Morgan fingerprint density at radius 3 is 2.52 bits per heavy atom. The number of hydrogen-bond donors (Lipinski definition) is 1. The molecule has 0 aliphatic carbocycles. The van der Waals surface area contributed by atoms with Gasteiger partial charge in [0.2, 0.25) is 0 Å². The van der Waals surface area contributed by atoms with Crippen LogP contribution in [0.3, 0.4) is 0 Å². The van der Waals surface area contributed by atoms with Crippen LogP contribution in [0.15, 0.2) is 65.9 Å². The van der Waals surface area contributed by atoms with Gasteiger partial charge in [0.05, 0.1) is 13.3 Å². The summed E-state index contributed by atoms with van der Waals surface area (Å²) in [5, 5.41) is 5.30. The number of rotatable bonds is 7. The molecule has 0 aliphatic heterocycles. The molecule has 0 fully saturated rings. The minimum atomic E-state index is 0.202. The molecule has 0 saturated heterocycles. The highest BCUT2D eigenvalue weighted by molar-refractivity contribution is 6.35. The van der Waals surface area contributed by atoms with E-state index in [1.54, 1.807) is 37.7 Å². The fraction of sp³-hybridized carbons (Fsp3) is 0.100. The van der Waals surface area contributed by atoms with Crippen LogP contribution in [0.1, 0.15) is 11.1 Å². The number of aromatic nitrogens is 1. The van der Waals surface area contributed by atoms with Gasteiger partial charge in [0, 0.05) is 27.4 Å². The molecular formula is C20H17Cl2N3O2. The molecule has 0 atom stereocenters. The zero-order valence-electron chi connectivity index (χ0n) is 14.5. The number of hydrogen-bond acceptors (Lipinski definition) is 5. The van der Waals surface area contributed by atoms with E-state index in [4.69, 9.17) is 32.7 Å². The fourth-order valence-electron chi connectivity index (χ4n) is 2.36. The molecule has 1 aromatic heterocycles. The number of methoxy groups -OCH3 is 1. The van der Waals surface area contributed by atoms with Crippen LogP contribution in [0.5, 0.6) is 11.5 Å². The largest absolute Gasteiger partial charge is 0.493 e. The second kappa shape index (κ2) is 9.26. The van der Waals surface area contributed by atoms with Gasteiger partial charge in [-0.2, -0.15) is 5.10 Å². The molecule has 2 aromatic carbocycles. The highest BCUT2D eigenvalue weighted by Crippen LogP contribution is 2.33. The summed E-state index contributed by atoms with van der Waals surface area (Å²) < 4.78 is 11.4. The molecule has 0 aliphatic rings. The Labute approximate surface area is 167 Å². The number of nitrogens with one attached hydrogen (secondary N) is 1. The molecule has 27 heavy (non-hydrogen) atoms. The standard InChI is InChI=1S/C20H17Cl2N3O2/c1-26-18-9-4-6-14(12-24-25-19-10-2-3-11-23-19)20(18)27-13-15-16(21)7-5-8-17(15)22/h2-12H,13H2,1H3,(H,23,25). The molecule has 0 spiro atoms. The maximum absolute atomic E-state index is 6.22. The van der Waals surface area contributed by atoms with E-state index in [0.29, 0.717) is 32.9 Å². The van der Waals surface area contributed by atoms with Gasteiger partial charge in [0.25, 0.3) is 0 Å². The summed E-state index contributed by atoms with van der Waals surface area (Å²) in [5.74, 6) is 1.77. The lowest BCUT2D eigenvalue weighted by atomic mass is 10.2. The lowest BCUT2D eigenvalue weighted by Crippen LogP contribution is -2.02. The van der Waals surface area contributed by atoms with Crippen molar-refractivity contribution in [2.45, 2.75) is 6.61 Å². The van der Waals surface area contributed by atoms with Crippen molar-refractivity contribution in [3.8, 4) is 11.5 Å². The van der Waals surface area contributed by atoms with Gasteiger partial charge in [0.1, 0.15) is 12.4 Å². The van der Waals surface area contributed by atoms with E-state index in [1.807, 2.05) is 36.4 Å². The monoisotopic (exact) mass is 401 g/mol. The van der Waals surface area contributed by atoms with E-state index in [-0.39, 0.29) is 6.61 Å². The highest BCUT2D eigenvalue weighted by atomic mass is 35.5. The zero-order chi connectivity index (χ0) is 19.1. The van der Waals surface area contributed by atoms with Gasteiger partial charge in [-0.25, -0.2) is 4.98 Å². The Hall–Kier alpha value is -2.76. The third-order valence-electron chi connectivity index (χ3n) is 3.70. The molecule has 1 N–H and O–H groups in total. The molecule has 0 radical (unpaired) electrons. The molecule has 0 amide bonds. The van der Waals surface area contributed by atoms with Gasteiger partial charge in [-0.15, -0.1) is 0 Å². The minimum absolute atomic E-state index is 0.202. The van der Waals surface area contributed by atoms with Crippen LogP contribution in [0.2, 0.25) is 10.0 Å². The van der Waals surface area contributed by atoms with Crippen LogP contribution >= 0.6 is 23.2 Å². The number of nitrogens with zero attached hydrogens (tertiary/aromatic N) is 2. The van der Waals surface area contributed by atoms with E-state index in [2.05, 4.69) is 15.5 Å². The van der Waals surface area contributed by atoms with Gasteiger partial charge < -0.3 is 9.47 Å². The molecule has 7 heteroatoms. The average Bonchev–Trinajstić information content (AvgIpc) is 2.69. The SMILES string of the molecule is COc1cccc(C=NNc2ccccn2)c1OCc1c(Cl)cccc1Cl. The predicted molar refractivity (Wildman–Crippen MR) is 109 cm³/mol. The zero-order valence-corrected chi connectivity index (χ0v) is 16.0. The fourth-order valence-corrected chi connectivity index (χ4v) is 2.87. The molecule has 3 aromatic rings. The molecule has 1 heterocycles. The Kier molecular flexibility index (Phi) is 6.52. The maximum atomic E-state index is 6.22. The van der Waals surface area contributed by atoms with Crippen molar-refractivity contribution < 1.29 is 9.47 Å². The van der Waals surface area contributed by atoms with Crippen molar-refractivity contribution >= 4 is 35.2 Å². The van der Waals surface area contributed by atoms with Crippen LogP contribution in [0.4, 0.5) is 5.82 Å². The molecule has 0 bridgehead atoms. The number of anilines is 1. The second-order valence-electron chi connectivity index (χ2n) is 5.45. The third kappa shape index (κ3) is 4.90. The van der Waals surface area contributed by atoms with Crippen LogP contribution in [-0.2, 0) is 6.61 Å². The number of para-hydroxylation sites is 1. The number of benzene rings is 2. The van der Waals surface area contributed by atoms with Crippen LogP contribution in [0.25, 0.3) is 0 Å². The van der Waals surface area contributed by atoms with Gasteiger partial charge in [-0.1, -0.05) is 41.4 Å². The van der Waals surface area contributed by atoms with Gasteiger partial charge in [-0.05, 0) is 36.4 Å². The lowest BCUT2D eigenvalue weighted by molar-refractivity contribution is 0.284. The van der Waals surface area contributed by atoms with Crippen molar-refractivity contribution in [3.63, 3.8) is 0 Å². The van der Waals surface area contributed by atoms with Crippen molar-refractivity contribution in [2.75, 3.05) is 12.5 Å². The van der Waals surface area contributed by atoms with Crippen LogP contribution in [-0.4, -0.2) is 18.3 Å². The number of ether oxygens (including phenoxy) is 2. The topological polar surface area (TPSA) is 55.7 Å². The molecule has 3 rings (SSSR count). The summed E-state index contributed by atoms with van der Waals surface area (Å²) in [5.41, 5.74) is 4.32. The first-order valence-corrected chi connectivity index (χ1v) is 8.87. The minimum Gasteiger partial charge on any atom is -0.493 e. The van der Waals surface area contributed by atoms with Gasteiger partial charge >= 0.3 is 0 Å². The summed E-state index contributed by atoms with van der Waals surface area (Å²) in [6.07, 6.45) is 3.33.